The van der Waals surface area contributed by atoms with Gasteiger partial charge in [0.1, 0.15) is 0 Å². The van der Waals surface area contributed by atoms with Gasteiger partial charge in [0.15, 0.2) is 11.5 Å². The maximum Gasteiger partial charge on any atom is 0.271 e. The highest BCUT2D eigenvalue weighted by Crippen LogP contribution is 2.27. The lowest BCUT2D eigenvalue weighted by molar-refractivity contribution is 0.294. The summed E-state index contributed by atoms with van der Waals surface area (Å²) in [4.78, 5) is 0. The number of aromatic nitrogens is 5. The van der Waals surface area contributed by atoms with E-state index >= 15 is 0 Å². The SMILES string of the molecule is CCCOc1ccc(/C=N\n2c(-n3nc(C)cc3C)n[nH]c2=S)cc1OC. The number of nitrogens with zero attached hydrogens (tertiary/aromatic N) is 5. The van der Waals surface area contributed by atoms with Gasteiger partial charge in [0.25, 0.3) is 5.95 Å². The number of hydrogen-bond donors (Lipinski definition) is 1. The van der Waals surface area contributed by atoms with Crippen LogP contribution >= 0.6 is 12.2 Å². The summed E-state index contributed by atoms with van der Waals surface area (Å²) >= 11 is 5.30. The number of H-pyrrole nitrogens is 1. The molecule has 0 aliphatic rings. The standard InChI is InChI=1S/C18H22N6O2S/c1-5-8-26-15-7-6-14(10-16(15)25-4)11-19-24-17(20-21-18(24)27)23-13(3)9-12(2)22-23/h6-7,9-11H,5,8H2,1-4H3,(H,21,27)/b19-11-. The van der Waals surface area contributed by atoms with E-state index in [4.69, 9.17) is 21.7 Å². The molecule has 0 fully saturated rings. The highest BCUT2D eigenvalue weighted by atomic mass is 32.1. The van der Waals surface area contributed by atoms with Crippen LogP contribution in [0.15, 0.2) is 29.4 Å². The molecule has 142 valence electrons. The predicted octanol–water partition coefficient (Wildman–Crippen LogP) is 3.42. The van der Waals surface area contributed by atoms with E-state index in [-0.39, 0.29) is 0 Å². The number of benzene rings is 1. The van der Waals surface area contributed by atoms with Gasteiger partial charge >= 0.3 is 0 Å². The molecule has 8 nitrogen and oxygen atoms in total. The molecule has 0 amide bonds. The molecule has 2 heterocycles. The Hall–Kier alpha value is -2.94. The van der Waals surface area contributed by atoms with Crippen LogP contribution < -0.4 is 9.47 Å². The minimum Gasteiger partial charge on any atom is -0.493 e. The molecule has 3 aromatic rings. The normalized spacial score (nSPS) is 11.3. The van der Waals surface area contributed by atoms with Crippen LogP contribution in [0.3, 0.4) is 0 Å². The number of ether oxygens (including phenoxy) is 2. The Morgan fingerprint density at radius 3 is 2.74 bits per heavy atom. The number of nitrogens with one attached hydrogen (secondary N) is 1. The van der Waals surface area contributed by atoms with Crippen LogP contribution in [0.4, 0.5) is 0 Å². The Morgan fingerprint density at radius 2 is 2.07 bits per heavy atom. The summed E-state index contributed by atoms with van der Waals surface area (Å²) in [5, 5.41) is 15.9. The number of aryl methyl sites for hydroxylation is 2. The molecule has 1 aromatic carbocycles. The molecule has 0 unspecified atom stereocenters. The van der Waals surface area contributed by atoms with Gasteiger partial charge in [-0.1, -0.05) is 6.92 Å². The van der Waals surface area contributed by atoms with E-state index in [2.05, 4.69) is 27.3 Å². The predicted molar refractivity (Wildman–Crippen MR) is 106 cm³/mol. The van der Waals surface area contributed by atoms with Crippen LogP contribution in [0.25, 0.3) is 5.95 Å². The molecule has 0 aliphatic carbocycles. The van der Waals surface area contributed by atoms with Crippen LogP contribution in [0.2, 0.25) is 0 Å². The molecule has 27 heavy (non-hydrogen) atoms. The van der Waals surface area contributed by atoms with E-state index < -0.39 is 0 Å². The molecule has 0 atom stereocenters. The van der Waals surface area contributed by atoms with Crippen LogP contribution in [0, 0.1) is 18.6 Å². The van der Waals surface area contributed by atoms with E-state index in [1.807, 2.05) is 38.1 Å². The van der Waals surface area contributed by atoms with Gasteiger partial charge in [0, 0.05) is 5.69 Å². The minimum absolute atomic E-state index is 0.378. The van der Waals surface area contributed by atoms with Gasteiger partial charge in [0.05, 0.1) is 25.6 Å². The summed E-state index contributed by atoms with van der Waals surface area (Å²) in [5.74, 6) is 1.86. The smallest absolute Gasteiger partial charge is 0.271 e. The van der Waals surface area contributed by atoms with Gasteiger partial charge < -0.3 is 9.47 Å². The monoisotopic (exact) mass is 386 g/mol. The maximum absolute atomic E-state index is 5.68. The van der Waals surface area contributed by atoms with E-state index in [9.17, 15) is 0 Å². The molecule has 0 radical (unpaired) electrons. The van der Waals surface area contributed by atoms with Crippen molar-refractivity contribution in [2.24, 2.45) is 5.10 Å². The van der Waals surface area contributed by atoms with Crippen molar-refractivity contribution in [2.45, 2.75) is 27.2 Å². The molecular formula is C18H22N6O2S. The van der Waals surface area contributed by atoms with E-state index in [0.29, 0.717) is 28.8 Å². The molecule has 2 aromatic heterocycles. The Labute approximate surface area is 162 Å². The van der Waals surface area contributed by atoms with Crippen molar-refractivity contribution in [1.82, 2.24) is 24.7 Å². The quantitative estimate of drug-likeness (QED) is 0.497. The minimum atomic E-state index is 0.378. The van der Waals surface area contributed by atoms with E-state index in [0.717, 1.165) is 23.4 Å². The third-order valence-corrected chi connectivity index (χ3v) is 4.07. The average Bonchev–Trinajstić information content (AvgIpc) is 3.19. The van der Waals surface area contributed by atoms with Gasteiger partial charge in [0.2, 0.25) is 4.77 Å². The first kappa shape index (κ1) is 18.8. The second-order valence-electron chi connectivity index (χ2n) is 5.98. The van der Waals surface area contributed by atoms with Crippen LogP contribution in [-0.4, -0.2) is 44.6 Å². The zero-order valence-electron chi connectivity index (χ0n) is 15.8. The topological polar surface area (TPSA) is 82.3 Å². The molecule has 0 aliphatic heterocycles. The van der Waals surface area contributed by atoms with Crippen LogP contribution in [0.1, 0.15) is 30.3 Å². The molecule has 9 heteroatoms. The van der Waals surface area contributed by atoms with E-state index in [1.165, 1.54) is 4.68 Å². The maximum atomic E-state index is 5.68. The highest BCUT2D eigenvalue weighted by molar-refractivity contribution is 7.71. The number of rotatable bonds is 7. The molecule has 1 N–H and O–H groups in total. The molecule has 3 rings (SSSR count). The fraction of sp³-hybridized carbons (Fsp3) is 0.333. The van der Waals surface area contributed by atoms with Crippen molar-refractivity contribution in [2.75, 3.05) is 13.7 Å². The van der Waals surface area contributed by atoms with Crippen molar-refractivity contribution in [1.29, 1.82) is 0 Å². The highest BCUT2D eigenvalue weighted by Gasteiger charge is 2.12. The third kappa shape index (κ3) is 4.08. The summed E-state index contributed by atoms with van der Waals surface area (Å²) in [5.41, 5.74) is 2.68. The second kappa shape index (κ2) is 8.17. The lowest BCUT2D eigenvalue weighted by Gasteiger charge is -2.10. The summed E-state index contributed by atoms with van der Waals surface area (Å²) in [6.07, 6.45) is 2.62. The van der Waals surface area contributed by atoms with Crippen LogP contribution in [-0.2, 0) is 0 Å². The van der Waals surface area contributed by atoms with Crippen molar-refractivity contribution >= 4 is 18.4 Å². The molecule has 0 spiro atoms. The van der Waals surface area contributed by atoms with Crippen LogP contribution in [0.5, 0.6) is 11.5 Å². The van der Waals surface area contributed by atoms with Gasteiger partial charge in [-0.05, 0) is 62.3 Å². The first-order chi connectivity index (χ1) is 13.0. The van der Waals surface area contributed by atoms with Crippen molar-refractivity contribution in [3.05, 3.63) is 46.0 Å². The van der Waals surface area contributed by atoms with Crippen molar-refractivity contribution in [3.63, 3.8) is 0 Å². The molecule has 0 saturated heterocycles. The Bertz CT molecular complexity index is 1020. The Balaban J connectivity index is 1.92. The lowest BCUT2D eigenvalue weighted by Crippen LogP contribution is -2.07. The van der Waals surface area contributed by atoms with Gasteiger partial charge in [-0.2, -0.15) is 14.9 Å². The molecule has 0 bridgehead atoms. The molecular weight excluding hydrogens is 364 g/mol. The van der Waals surface area contributed by atoms with Crippen molar-refractivity contribution in [3.8, 4) is 17.4 Å². The van der Waals surface area contributed by atoms with Gasteiger partial charge in [-0.15, -0.1) is 5.10 Å². The average molecular weight is 386 g/mol. The summed E-state index contributed by atoms with van der Waals surface area (Å²) in [7, 11) is 1.61. The lowest BCUT2D eigenvalue weighted by atomic mass is 10.2. The number of methoxy groups -OCH3 is 1. The summed E-state index contributed by atoms with van der Waals surface area (Å²) in [6.45, 7) is 6.57. The fourth-order valence-corrected chi connectivity index (χ4v) is 2.75. The zero-order valence-corrected chi connectivity index (χ0v) is 16.6. The van der Waals surface area contributed by atoms with Gasteiger partial charge in [-0.25, -0.2) is 9.78 Å². The summed E-state index contributed by atoms with van der Waals surface area (Å²) < 4.78 is 14.7. The Morgan fingerprint density at radius 1 is 1.26 bits per heavy atom. The third-order valence-electron chi connectivity index (χ3n) is 3.80. The second-order valence-corrected chi connectivity index (χ2v) is 6.37. The fourth-order valence-electron chi connectivity index (χ4n) is 2.58. The van der Waals surface area contributed by atoms with Gasteiger partial charge in [-0.3, -0.25) is 0 Å². The number of aromatic amines is 1. The largest absolute Gasteiger partial charge is 0.493 e. The van der Waals surface area contributed by atoms with E-state index in [1.54, 1.807) is 18.0 Å². The number of hydrogen-bond acceptors (Lipinski definition) is 6. The summed E-state index contributed by atoms with van der Waals surface area (Å²) in [6, 6.07) is 7.60. The zero-order chi connectivity index (χ0) is 19.4. The van der Waals surface area contributed by atoms with Crippen molar-refractivity contribution < 1.29 is 9.47 Å². The molecule has 0 saturated carbocycles. The first-order valence-electron chi connectivity index (χ1n) is 8.59. The Kier molecular flexibility index (Phi) is 5.70. The first-order valence-corrected chi connectivity index (χ1v) is 9.00.